The molecule has 0 nitrogen and oxygen atoms in total. The first-order valence-electron chi connectivity index (χ1n) is 18.3. The van der Waals surface area contributed by atoms with Gasteiger partial charge in [-0.25, -0.2) is 0 Å². The second-order valence-electron chi connectivity index (χ2n) is 16.0. The van der Waals surface area contributed by atoms with Gasteiger partial charge in [-0.1, -0.05) is 175 Å². The minimum absolute atomic E-state index is 0.458. The smallest absolute Gasteiger partial charge is 0.0750 e. The van der Waals surface area contributed by atoms with Crippen LogP contribution in [-0.4, -0.2) is 8.07 Å². The predicted molar refractivity (Wildman–Crippen MR) is 208 cm³/mol. The molecule has 1 heteroatoms. The molecule has 1 atom stereocenters. The normalized spacial score (nSPS) is 15.0. The van der Waals surface area contributed by atoms with E-state index in [9.17, 15) is 0 Å². The Morgan fingerprint density at radius 3 is 0.957 bits per heavy atom. The van der Waals surface area contributed by atoms with Gasteiger partial charge >= 0.3 is 0 Å². The summed E-state index contributed by atoms with van der Waals surface area (Å²) >= 11 is 0. The van der Waals surface area contributed by atoms with Crippen molar-refractivity contribution in [2.75, 3.05) is 0 Å². The van der Waals surface area contributed by atoms with Gasteiger partial charge in [-0.15, -0.1) is 0 Å². The van der Waals surface area contributed by atoms with Gasteiger partial charge in [-0.05, 0) is 96.8 Å². The average Bonchev–Trinajstić information content (AvgIpc) is 3.50. The van der Waals surface area contributed by atoms with E-state index in [1.54, 1.807) is 21.1 Å². The van der Waals surface area contributed by atoms with Crippen LogP contribution in [0.5, 0.6) is 0 Å². The monoisotopic (exact) mass is 631 g/mol. The molecule has 46 heavy (non-hydrogen) atoms. The molecule has 4 rings (SSSR count). The molecule has 0 heterocycles. The van der Waals surface area contributed by atoms with E-state index in [0.717, 1.165) is 6.42 Å². The van der Waals surface area contributed by atoms with Gasteiger partial charge in [-0.3, -0.25) is 0 Å². The summed E-state index contributed by atoms with van der Waals surface area (Å²) in [6.45, 7) is 33.2. The highest BCUT2D eigenvalue weighted by molar-refractivity contribution is 7.16. The van der Waals surface area contributed by atoms with Crippen molar-refractivity contribution >= 4 is 23.6 Å². The van der Waals surface area contributed by atoms with E-state index < -0.39 is 8.07 Å². The van der Waals surface area contributed by atoms with Gasteiger partial charge < -0.3 is 0 Å². The fourth-order valence-corrected chi connectivity index (χ4v) is 12.4. The molecule has 0 bridgehead atoms. The van der Waals surface area contributed by atoms with Crippen LogP contribution in [0.15, 0.2) is 78.4 Å². The van der Waals surface area contributed by atoms with Crippen LogP contribution in [0.4, 0.5) is 0 Å². The first-order chi connectivity index (χ1) is 21.6. The van der Waals surface area contributed by atoms with Crippen LogP contribution in [0.2, 0.25) is 0 Å². The Labute approximate surface area is 284 Å². The molecule has 1 aliphatic carbocycles. The molecular formula is C45H63Si. The molecule has 3 aromatic carbocycles. The van der Waals surface area contributed by atoms with Crippen LogP contribution in [0.3, 0.4) is 0 Å². The topological polar surface area (TPSA) is 0 Å². The lowest BCUT2D eigenvalue weighted by Gasteiger charge is -2.42. The zero-order valence-corrected chi connectivity index (χ0v) is 32.7. The third-order valence-corrected chi connectivity index (χ3v) is 15.4. The molecule has 247 valence electrons. The average molecular weight is 632 g/mol. The lowest BCUT2D eigenvalue weighted by Crippen LogP contribution is -2.71. The summed E-state index contributed by atoms with van der Waals surface area (Å²) in [6.07, 6.45) is 8.47. The van der Waals surface area contributed by atoms with Crippen LogP contribution in [0.1, 0.15) is 172 Å². The highest BCUT2D eigenvalue weighted by Gasteiger charge is 2.50. The van der Waals surface area contributed by atoms with Crippen LogP contribution < -0.4 is 15.6 Å². The van der Waals surface area contributed by atoms with Crippen molar-refractivity contribution < 1.29 is 0 Å². The second kappa shape index (κ2) is 14.6. The van der Waals surface area contributed by atoms with Gasteiger partial charge in [0.05, 0.1) is 0 Å². The molecule has 0 saturated carbocycles. The van der Waals surface area contributed by atoms with Crippen LogP contribution in [0, 0.1) is 11.5 Å². The summed E-state index contributed by atoms with van der Waals surface area (Å²) in [6, 6.07) is 23.3. The van der Waals surface area contributed by atoms with Gasteiger partial charge in [0.25, 0.3) is 0 Å². The fraction of sp³-hybridized carbons (Fsp3) is 0.489. The van der Waals surface area contributed by atoms with E-state index >= 15 is 0 Å². The van der Waals surface area contributed by atoms with Crippen molar-refractivity contribution in [3.8, 4) is 0 Å². The molecule has 0 fully saturated rings. The molecule has 0 aromatic heterocycles. The molecule has 0 aliphatic heterocycles. The summed E-state index contributed by atoms with van der Waals surface area (Å²) < 4.78 is 0. The minimum atomic E-state index is -2.83. The largest absolute Gasteiger partial charge is 0.163 e. The van der Waals surface area contributed by atoms with Crippen LogP contribution >= 0.6 is 0 Å². The maximum atomic E-state index is 2.63. The van der Waals surface area contributed by atoms with Crippen molar-refractivity contribution in [2.24, 2.45) is 5.92 Å². The molecule has 0 N–H and O–H groups in total. The number of hydrogen-bond donors (Lipinski definition) is 0. The maximum Gasteiger partial charge on any atom is 0.163 e. The van der Waals surface area contributed by atoms with Crippen LogP contribution in [0.25, 0.3) is 0 Å². The van der Waals surface area contributed by atoms with Gasteiger partial charge in [0.1, 0.15) is 0 Å². The third-order valence-electron chi connectivity index (χ3n) is 10.6. The summed E-state index contributed by atoms with van der Waals surface area (Å²) in [4.78, 5) is 0. The number of hydrogen-bond acceptors (Lipinski definition) is 0. The van der Waals surface area contributed by atoms with E-state index in [-0.39, 0.29) is 0 Å². The third kappa shape index (κ3) is 7.11. The Kier molecular flexibility index (Phi) is 11.5. The zero-order chi connectivity index (χ0) is 34.1. The van der Waals surface area contributed by atoms with Crippen LogP contribution in [-0.2, 0) is 0 Å². The molecule has 0 spiro atoms. The molecule has 1 radical (unpaired) electrons. The number of benzene rings is 3. The maximum absolute atomic E-state index is 2.83. The van der Waals surface area contributed by atoms with Gasteiger partial charge in [0.2, 0.25) is 0 Å². The summed E-state index contributed by atoms with van der Waals surface area (Å²) in [5.41, 5.74) is 11.9. The Balaban J connectivity index is 2.35. The second-order valence-corrected chi connectivity index (χ2v) is 19.8. The van der Waals surface area contributed by atoms with Crippen molar-refractivity contribution in [3.63, 3.8) is 0 Å². The van der Waals surface area contributed by atoms with E-state index in [0.29, 0.717) is 41.4 Å². The SMILES string of the molecule is CCC(C)C1=CC=C[C]1[Si](c1cc(C(C)C)cc(C(C)C)c1)(c1cc(C(C)C)cc(C(C)C)c1)c1cc(C(C)C)cc(C(C)C)c1. The molecule has 0 amide bonds. The highest BCUT2D eigenvalue weighted by atomic mass is 28.3. The molecule has 0 saturated heterocycles. The molecule has 3 aromatic rings. The Morgan fingerprint density at radius 1 is 0.435 bits per heavy atom. The van der Waals surface area contributed by atoms with Crippen molar-refractivity contribution in [2.45, 2.75) is 139 Å². The lowest BCUT2D eigenvalue weighted by atomic mass is 9.95. The lowest BCUT2D eigenvalue weighted by molar-refractivity contribution is 0.661. The van der Waals surface area contributed by atoms with E-state index in [1.165, 1.54) is 39.0 Å². The van der Waals surface area contributed by atoms with E-state index in [1.807, 2.05) is 0 Å². The highest BCUT2D eigenvalue weighted by Crippen LogP contribution is 2.39. The summed E-state index contributed by atoms with van der Waals surface area (Å²) in [5, 5.41) is 4.64. The quantitative estimate of drug-likeness (QED) is 0.138. The Hall–Kier alpha value is -2.64. The minimum Gasteiger partial charge on any atom is -0.0750 e. The fourth-order valence-electron chi connectivity index (χ4n) is 7.07. The molecule has 1 aliphatic rings. The van der Waals surface area contributed by atoms with E-state index in [2.05, 4.69) is 170 Å². The van der Waals surface area contributed by atoms with Gasteiger partial charge in [0.15, 0.2) is 8.07 Å². The Bertz CT molecular complexity index is 1330. The Morgan fingerprint density at radius 2 is 0.717 bits per heavy atom. The van der Waals surface area contributed by atoms with Crippen molar-refractivity contribution in [1.29, 1.82) is 0 Å². The van der Waals surface area contributed by atoms with Gasteiger partial charge in [0, 0.05) is 5.54 Å². The first kappa shape index (κ1) is 36.2. The summed E-state index contributed by atoms with van der Waals surface area (Å²) in [5.74, 6) is 3.24. The number of allylic oxidation sites excluding steroid dienone is 4. The van der Waals surface area contributed by atoms with Crippen molar-refractivity contribution in [3.05, 3.63) is 117 Å². The number of rotatable bonds is 12. The summed E-state index contributed by atoms with van der Waals surface area (Å²) in [7, 11) is -2.83. The molecule has 1 unspecified atom stereocenters. The van der Waals surface area contributed by atoms with E-state index in [4.69, 9.17) is 0 Å². The van der Waals surface area contributed by atoms with Crippen molar-refractivity contribution in [1.82, 2.24) is 0 Å². The zero-order valence-electron chi connectivity index (χ0n) is 31.7. The molecular weight excluding hydrogens is 569 g/mol. The standard InChI is InChI=1S/C45H63Si/c1-15-34(14)44-17-16-18-45(44)46(41-22-35(28(2)3)19-36(23-41)29(4)5,42-24-37(30(6)7)20-38(25-42)31(8)9)43-26-39(32(10)11)21-40(27-43)33(12)13/h16-34H,15H2,1-14H3. The van der Waals surface area contributed by atoms with Gasteiger partial charge in [-0.2, -0.15) is 0 Å². The predicted octanol–water partition coefficient (Wildman–Crippen LogP) is 11.6. The first-order valence-corrected chi connectivity index (χ1v) is 20.3.